The maximum atomic E-state index is 12.4. The summed E-state index contributed by atoms with van der Waals surface area (Å²) in [6, 6.07) is 6.08. The predicted molar refractivity (Wildman–Crippen MR) is 103 cm³/mol. The van der Waals surface area contributed by atoms with E-state index in [1.54, 1.807) is 6.20 Å². The lowest BCUT2D eigenvalue weighted by Crippen LogP contribution is -2.39. The van der Waals surface area contributed by atoms with Crippen molar-refractivity contribution in [2.75, 3.05) is 32.8 Å². The molecule has 3 aromatic rings. The first-order valence-electron chi connectivity index (χ1n) is 9.16. The van der Waals surface area contributed by atoms with E-state index in [1.807, 2.05) is 37.6 Å². The number of hydrogen-bond donors (Lipinski definition) is 0. The first kappa shape index (κ1) is 17.7. The van der Waals surface area contributed by atoms with E-state index in [0.717, 1.165) is 46.4 Å². The van der Waals surface area contributed by atoms with Gasteiger partial charge in [0.2, 0.25) is 0 Å². The number of morpholine rings is 1. The van der Waals surface area contributed by atoms with E-state index in [9.17, 15) is 4.79 Å². The van der Waals surface area contributed by atoms with Crippen LogP contribution in [0.5, 0.6) is 0 Å². The van der Waals surface area contributed by atoms with Crippen molar-refractivity contribution in [1.29, 1.82) is 0 Å². The molecule has 0 aliphatic carbocycles. The summed E-state index contributed by atoms with van der Waals surface area (Å²) in [5.41, 5.74) is 3.74. The fourth-order valence-corrected chi connectivity index (χ4v) is 3.30. The largest absolute Gasteiger partial charge is 0.379 e. The minimum atomic E-state index is 0.181. The molecule has 1 saturated heterocycles. The molecule has 0 bridgehead atoms. The highest BCUT2D eigenvalue weighted by atomic mass is 16.5. The summed E-state index contributed by atoms with van der Waals surface area (Å²) in [4.78, 5) is 27.7. The predicted octanol–water partition coefficient (Wildman–Crippen LogP) is 2.44. The monoisotopic (exact) mass is 362 g/mol. The number of carbonyl (C=O) groups is 1. The fourth-order valence-electron chi connectivity index (χ4n) is 3.30. The quantitative estimate of drug-likeness (QED) is 0.694. The van der Waals surface area contributed by atoms with Crippen LogP contribution >= 0.6 is 0 Å². The second kappa shape index (κ2) is 7.90. The van der Waals surface area contributed by atoms with Crippen LogP contribution in [-0.2, 0) is 16.0 Å². The second-order valence-electron chi connectivity index (χ2n) is 6.95. The normalized spacial score (nSPS) is 15.1. The average molecular weight is 362 g/mol. The Bertz CT molecular complexity index is 967. The van der Waals surface area contributed by atoms with E-state index in [0.29, 0.717) is 26.2 Å². The molecule has 1 aliphatic rings. The van der Waals surface area contributed by atoms with Crippen LogP contribution in [-0.4, -0.2) is 58.5 Å². The Morgan fingerprint density at radius 3 is 2.67 bits per heavy atom. The standard InChI is InChI=1S/C21H22N4O2/c1-15-6-17(11-22-10-15)21-8-16-7-19(23-12-18(16)13-24-21)9-20(26)14-25-2-4-27-5-3-25/h6-8,10-13H,2-5,9,14H2,1H3. The second-order valence-corrected chi connectivity index (χ2v) is 6.95. The van der Waals surface area contributed by atoms with E-state index in [1.165, 1.54) is 0 Å². The van der Waals surface area contributed by atoms with Gasteiger partial charge >= 0.3 is 0 Å². The number of ketones is 1. The van der Waals surface area contributed by atoms with Gasteiger partial charge in [0.1, 0.15) is 0 Å². The topological polar surface area (TPSA) is 68.2 Å². The van der Waals surface area contributed by atoms with E-state index in [2.05, 4.69) is 25.9 Å². The molecule has 0 radical (unpaired) electrons. The lowest BCUT2D eigenvalue weighted by Gasteiger charge is -2.25. The van der Waals surface area contributed by atoms with E-state index < -0.39 is 0 Å². The molecule has 0 atom stereocenters. The van der Waals surface area contributed by atoms with Crippen LogP contribution in [0.25, 0.3) is 22.0 Å². The first-order valence-corrected chi connectivity index (χ1v) is 9.16. The van der Waals surface area contributed by atoms with Gasteiger partial charge in [-0.25, -0.2) is 0 Å². The Morgan fingerprint density at radius 2 is 1.85 bits per heavy atom. The smallest absolute Gasteiger partial charge is 0.152 e. The van der Waals surface area contributed by atoms with Crippen LogP contribution in [0.3, 0.4) is 0 Å². The lowest BCUT2D eigenvalue weighted by atomic mass is 10.1. The molecule has 3 aromatic heterocycles. The van der Waals surface area contributed by atoms with Gasteiger partial charge in [-0.2, -0.15) is 0 Å². The Kier molecular flexibility index (Phi) is 5.18. The third kappa shape index (κ3) is 4.35. The van der Waals surface area contributed by atoms with E-state index in [4.69, 9.17) is 4.74 Å². The van der Waals surface area contributed by atoms with Crippen molar-refractivity contribution < 1.29 is 9.53 Å². The number of fused-ring (bicyclic) bond motifs is 1. The molecule has 1 fully saturated rings. The Morgan fingerprint density at radius 1 is 1.04 bits per heavy atom. The zero-order valence-corrected chi connectivity index (χ0v) is 15.4. The third-order valence-electron chi connectivity index (χ3n) is 4.71. The summed E-state index contributed by atoms with van der Waals surface area (Å²) in [5.74, 6) is 0.181. The number of Topliss-reactive ketones (excluding diaryl/α,β-unsaturated/α-hetero) is 1. The molecule has 0 unspecified atom stereocenters. The van der Waals surface area contributed by atoms with Crippen LogP contribution in [0.2, 0.25) is 0 Å². The molecule has 0 spiro atoms. The number of nitrogens with zero attached hydrogens (tertiary/aromatic N) is 4. The molecule has 6 heteroatoms. The van der Waals surface area contributed by atoms with Crippen molar-refractivity contribution in [2.45, 2.75) is 13.3 Å². The molecule has 4 heterocycles. The van der Waals surface area contributed by atoms with E-state index in [-0.39, 0.29) is 5.78 Å². The van der Waals surface area contributed by atoms with Crippen LogP contribution in [0.4, 0.5) is 0 Å². The van der Waals surface area contributed by atoms with E-state index >= 15 is 0 Å². The SMILES string of the molecule is Cc1cncc(-c2cc3cc(CC(=O)CN4CCOCC4)ncc3cn2)c1. The highest BCUT2D eigenvalue weighted by Crippen LogP contribution is 2.22. The van der Waals surface area contributed by atoms with Crippen molar-refractivity contribution in [3.05, 3.63) is 54.2 Å². The number of rotatable bonds is 5. The summed E-state index contributed by atoms with van der Waals surface area (Å²) in [7, 11) is 0. The van der Waals surface area contributed by atoms with Crippen molar-refractivity contribution >= 4 is 16.6 Å². The van der Waals surface area contributed by atoms with Crippen LogP contribution in [0.1, 0.15) is 11.3 Å². The molecule has 6 nitrogen and oxygen atoms in total. The summed E-state index contributed by atoms with van der Waals surface area (Å²) in [6.45, 7) is 5.50. The maximum Gasteiger partial charge on any atom is 0.152 e. The number of pyridine rings is 3. The van der Waals surface area contributed by atoms with Crippen LogP contribution in [0.15, 0.2) is 43.0 Å². The molecule has 4 rings (SSSR count). The molecule has 0 aromatic carbocycles. The first-order chi connectivity index (χ1) is 13.2. The zero-order chi connectivity index (χ0) is 18.6. The van der Waals surface area contributed by atoms with Gasteiger partial charge in [0.25, 0.3) is 0 Å². The Labute approximate surface area is 158 Å². The third-order valence-corrected chi connectivity index (χ3v) is 4.71. The number of hydrogen-bond acceptors (Lipinski definition) is 6. The fraction of sp³-hybridized carbons (Fsp3) is 0.333. The molecule has 138 valence electrons. The Balaban J connectivity index is 1.53. The van der Waals surface area contributed by atoms with Gasteiger partial charge in [-0.3, -0.25) is 24.6 Å². The maximum absolute atomic E-state index is 12.4. The number of ether oxygens (including phenoxy) is 1. The molecular weight excluding hydrogens is 340 g/mol. The van der Waals surface area contributed by atoms with Crippen molar-refractivity contribution in [2.24, 2.45) is 0 Å². The molecule has 1 aliphatic heterocycles. The number of aromatic nitrogens is 3. The molecule has 0 saturated carbocycles. The van der Waals surface area contributed by atoms with Gasteiger partial charge in [-0.15, -0.1) is 0 Å². The number of carbonyl (C=O) groups excluding carboxylic acids is 1. The van der Waals surface area contributed by atoms with Gasteiger partial charge < -0.3 is 4.74 Å². The van der Waals surface area contributed by atoms with Crippen LogP contribution < -0.4 is 0 Å². The minimum Gasteiger partial charge on any atom is -0.379 e. The molecule has 0 amide bonds. The minimum absolute atomic E-state index is 0.181. The summed E-state index contributed by atoms with van der Waals surface area (Å²) in [5, 5.41) is 1.99. The van der Waals surface area contributed by atoms with Gasteiger partial charge in [-0.1, -0.05) is 0 Å². The van der Waals surface area contributed by atoms with Crippen molar-refractivity contribution in [1.82, 2.24) is 19.9 Å². The average Bonchev–Trinajstić information content (AvgIpc) is 2.68. The summed E-state index contributed by atoms with van der Waals surface area (Å²) < 4.78 is 5.33. The highest BCUT2D eigenvalue weighted by Gasteiger charge is 2.15. The van der Waals surface area contributed by atoms with Gasteiger partial charge in [0.05, 0.1) is 31.9 Å². The molecular formula is C21H22N4O2. The molecule has 0 N–H and O–H groups in total. The summed E-state index contributed by atoms with van der Waals surface area (Å²) in [6.07, 6.45) is 7.59. The summed E-state index contributed by atoms with van der Waals surface area (Å²) >= 11 is 0. The number of aryl methyl sites for hydroxylation is 1. The highest BCUT2D eigenvalue weighted by molar-refractivity contribution is 5.87. The Hall–Kier alpha value is -2.70. The van der Waals surface area contributed by atoms with Gasteiger partial charge in [-0.05, 0) is 36.1 Å². The lowest BCUT2D eigenvalue weighted by molar-refractivity contribution is -0.120. The van der Waals surface area contributed by atoms with Crippen molar-refractivity contribution in [3.8, 4) is 11.3 Å². The van der Waals surface area contributed by atoms with Gasteiger partial charge in [0, 0.05) is 54.5 Å². The van der Waals surface area contributed by atoms with Gasteiger partial charge in [0.15, 0.2) is 5.78 Å². The van der Waals surface area contributed by atoms with Crippen LogP contribution in [0, 0.1) is 6.92 Å². The van der Waals surface area contributed by atoms with Crippen molar-refractivity contribution in [3.63, 3.8) is 0 Å². The molecule has 27 heavy (non-hydrogen) atoms. The zero-order valence-electron chi connectivity index (χ0n) is 15.4.